The molecule has 0 aliphatic heterocycles. The van der Waals surface area contributed by atoms with Crippen molar-refractivity contribution in [2.45, 2.75) is 0 Å². The maximum atomic E-state index is 6.83. The SMILES string of the molecule is c1ccc2c(c1)oc1cc3oc4c(-c5c6ccccc6c(-c6c7ccoc7cc7sc8ccccc8c67)c6ccccc56)cccc4c3cc12. The van der Waals surface area contributed by atoms with Gasteiger partial charge in [0.25, 0.3) is 0 Å². The minimum Gasteiger partial charge on any atom is -0.464 e. The summed E-state index contributed by atoms with van der Waals surface area (Å²) in [4.78, 5) is 0. The minimum atomic E-state index is 0.822. The van der Waals surface area contributed by atoms with E-state index in [0.29, 0.717) is 0 Å². The van der Waals surface area contributed by atoms with Crippen molar-refractivity contribution >= 4 is 108 Å². The van der Waals surface area contributed by atoms with Crippen LogP contribution >= 0.6 is 11.3 Å². The Bertz CT molecular complexity index is 3330. The molecule has 12 rings (SSSR count). The van der Waals surface area contributed by atoms with Gasteiger partial charge in [0.05, 0.1) is 6.26 Å². The molecule has 4 heteroatoms. The average Bonchev–Trinajstić information content (AvgIpc) is 3.94. The van der Waals surface area contributed by atoms with Crippen LogP contribution in [0.5, 0.6) is 0 Å². The molecule has 8 aromatic carbocycles. The molecule has 0 bridgehead atoms. The number of fused-ring (bicyclic) bond motifs is 12. The topological polar surface area (TPSA) is 39.4 Å². The number of rotatable bonds is 2. The molecule has 0 N–H and O–H groups in total. The van der Waals surface area contributed by atoms with E-state index in [0.717, 1.165) is 60.4 Å². The summed E-state index contributed by atoms with van der Waals surface area (Å²) < 4.78 is 21.7. The van der Waals surface area contributed by atoms with Crippen LogP contribution in [-0.2, 0) is 0 Å². The Labute approximate surface area is 288 Å². The summed E-state index contributed by atoms with van der Waals surface area (Å²) in [5.74, 6) is 0. The molecular formula is C46H24O3S. The first-order valence-electron chi connectivity index (χ1n) is 16.8. The van der Waals surface area contributed by atoms with Crippen LogP contribution in [0.25, 0.3) is 119 Å². The van der Waals surface area contributed by atoms with Gasteiger partial charge < -0.3 is 13.3 Å². The zero-order valence-electron chi connectivity index (χ0n) is 26.5. The second-order valence-electron chi connectivity index (χ2n) is 13.1. The lowest BCUT2D eigenvalue weighted by Crippen LogP contribution is -1.92. The van der Waals surface area contributed by atoms with Crippen molar-refractivity contribution in [2.75, 3.05) is 0 Å². The van der Waals surface area contributed by atoms with E-state index in [1.54, 1.807) is 0 Å². The molecule has 50 heavy (non-hydrogen) atoms. The van der Waals surface area contributed by atoms with Crippen LogP contribution in [0.4, 0.5) is 0 Å². The molecule has 0 spiro atoms. The molecule has 0 radical (unpaired) electrons. The Morgan fingerprint density at radius 3 is 1.80 bits per heavy atom. The number of hydrogen-bond donors (Lipinski definition) is 0. The van der Waals surface area contributed by atoms with Crippen molar-refractivity contribution in [1.29, 1.82) is 0 Å². The highest BCUT2D eigenvalue weighted by molar-refractivity contribution is 7.26. The summed E-state index contributed by atoms with van der Waals surface area (Å²) in [6.45, 7) is 0. The molecule has 12 aromatic rings. The molecule has 3 nitrogen and oxygen atoms in total. The summed E-state index contributed by atoms with van der Waals surface area (Å²) in [7, 11) is 0. The summed E-state index contributed by atoms with van der Waals surface area (Å²) in [5.41, 5.74) is 9.02. The first-order valence-corrected chi connectivity index (χ1v) is 17.6. The largest absolute Gasteiger partial charge is 0.464 e. The maximum absolute atomic E-state index is 6.83. The fraction of sp³-hybridized carbons (Fsp3) is 0. The van der Waals surface area contributed by atoms with Gasteiger partial charge in [0.2, 0.25) is 0 Å². The monoisotopic (exact) mass is 656 g/mol. The van der Waals surface area contributed by atoms with Crippen LogP contribution in [0.1, 0.15) is 0 Å². The second kappa shape index (κ2) is 9.63. The molecule has 0 saturated heterocycles. The highest BCUT2D eigenvalue weighted by atomic mass is 32.1. The molecular weight excluding hydrogens is 633 g/mol. The van der Waals surface area contributed by atoms with Crippen LogP contribution < -0.4 is 0 Å². The average molecular weight is 657 g/mol. The van der Waals surface area contributed by atoms with Crippen molar-refractivity contribution in [2.24, 2.45) is 0 Å². The first kappa shape index (κ1) is 26.6. The summed E-state index contributed by atoms with van der Waals surface area (Å²) >= 11 is 1.83. The molecule has 0 unspecified atom stereocenters. The van der Waals surface area contributed by atoms with Crippen molar-refractivity contribution < 1.29 is 13.3 Å². The third-order valence-electron chi connectivity index (χ3n) is 10.5. The van der Waals surface area contributed by atoms with Gasteiger partial charge in [-0.2, -0.15) is 0 Å². The summed E-state index contributed by atoms with van der Waals surface area (Å²) in [6, 6.07) is 49.8. The lowest BCUT2D eigenvalue weighted by Gasteiger charge is -2.19. The zero-order chi connectivity index (χ0) is 32.5. The number of benzene rings is 8. The molecule has 4 heterocycles. The van der Waals surface area contributed by atoms with Gasteiger partial charge in [0.15, 0.2) is 0 Å². The summed E-state index contributed by atoms with van der Waals surface area (Å²) in [6.07, 6.45) is 1.82. The van der Waals surface area contributed by atoms with E-state index in [9.17, 15) is 0 Å². The van der Waals surface area contributed by atoms with Crippen LogP contribution in [0.3, 0.4) is 0 Å². The van der Waals surface area contributed by atoms with E-state index in [1.807, 2.05) is 29.7 Å². The fourth-order valence-corrected chi connectivity index (χ4v) is 9.62. The molecule has 232 valence electrons. The van der Waals surface area contributed by atoms with E-state index in [-0.39, 0.29) is 0 Å². The highest BCUT2D eigenvalue weighted by Gasteiger charge is 2.24. The lowest BCUT2D eigenvalue weighted by molar-refractivity contribution is 0.616. The van der Waals surface area contributed by atoms with Crippen LogP contribution in [0.15, 0.2) is 159 Å². The standard InChI is InChI=1S/C46H24O3S/c1-3-13-28-26(11-1)42(33-17-9-16-30-35-22-34-25-10-5-7-18-36(25)48-38(34)23-39(35)49-46(30)33)27-12-2-4-14-29(27)43(28)45-31-20-21-47-37(31)24-41-44(45)32-15-6-8-19-40(32)50-41/h1-24H. The van der Waals surface area contributed by atoms with E-state index < -0.39 is 0 Å². The molecule has 0 amide bonds. The fourth-order valence-electron chi connectivity index (χ4n) is 8.48. The smallest absolute Gasteiger partial charge is 0.143 e. The van der Waals surface area contributed by atoms with Crippen molar-refractivity contribution in [3.05, 3.63) is 146 Å². The zero-order valence-corrected chi connectivity index (χ0v) is 27.3. The van der Waals surface area contributed by atoms with Gasteiger partial charge in [-0.3, -0.25) is 0 Å². The molecule has 0 aliphatic carbocycles. The second-order valence-corrected chi connectivity index (χ2v) is 14.2. The lowest BCUT2D eigenvalue weighted by atomic mass is 9.83. The third kappa shape index (κ3) is 3.43. The quantitative estimate of drug-likeness (QED) is 0.174. The van der Waals surface area contributed by atoms with Crippen molar-refractivity contribution in [3.63, 3.8) is 0 Å². The molecule has 4 aromatic heterocycles. The van der Waals surface area contributed by atoms with Crippen molar-refractivity contribution in [1.82, 2.24) is 0 Å². The number of hydrogen-bond acceptors (Lipinski definition) is 4. The van der Waals surface area contributed by atoms with E-state index >= 15 is 0 Å². The third-order valence-corrected chi connectivity index (χ3v) is 11.7. The Balaban J connectivity index is 1.22. The molecule has 0 saturated carbocycles. The molecule has 0 aliphatic rings. The van der Waals surface area contributed by atoms with Gasteiger partial charge in [-0.15, -0.1) is 11.3 Å². The van der Waals surface area contributed by atoms with Gasteiger partial charge in [0, 0.05) is 69.9 Å². The predicted molar refractivity (Wildman–Crippen MR) is 210 cm³/mol. The Morgan fingerprint density at radius 1 is 0.360 bits per heavy atom. The molecule has 0 fully saturated rings. The van der Waals surface area contributed by atoms with E-state index in [1.165, 1.54) is 58.4 Å². The van der Waals surface area contributed by atoms with Crippen LogP contribution in [0.2, 0.25) is 0 Å². The van der Waals surface area contributed by atoms with Crippen molar-refractivity contribution in [3.8, 4) is 22.3 Å². The number of para-hydroxylation sites is 2. The van der Waals surface area contributed by atoms with E-state index in [4.69, 9.17) is 13.3 Å². The van der Waals surface area contributed by atoms with Gasteiger partial charge in [-0.1, -0.05) is 103 Å². The van der Waals surface area contributed by atoms with Gasteiger partial charge in [-0.25, -0.2) is 0 Å². The minimum absolute atomic E-state index is 0.822. The number of thiophene rings is 1. The molecule has 0 atom stereocenters. The van der Waals surface area contributed by atoms with Gasteiger partial charge >= 0.3 is 0 Å². The van der Waals surface area contributed by atoms with Crippen LogP contribution in [0, 0.1) is 0 Å². The maximum Gasteiger partial charge on any atom is 0.143 e. The normalized spacial score (nSPS) is 12.4. The Morgan fingerprint density at radius 2 is 1.00 bits per heavy atom. The van der Waals surface area contributed by atoms with Gasteiger partial charge in [-0.05, 0) is 57.4 Å². The summed E-state index contributed by atoms with van der Waals surface area (Å²) in [5, 5.41) is 12.8. The van der Waals surface area contributed by atoms with Crippen LogP contribution in [-0.4, -0.2) is 0 Å². The first-order chi connectivity index (χ1) is 24.8. The Kier molecular flexibility index (Phi) is 5.12. The highest BCUT2D eigenvalue weighted by Crippen LogP contribution is 2.51. The Hall–Kier alpha value is -6.36. The number of furan rings is 3. The predicted octanol–water partition coefficient (Wildman–Crippen LogP) is 14.2. The van der Waals surface area contributed by atoms with E-state index in [2.05, 4.69) is 127 Å². The van der Waals surface area contributed by atoms with Gasteiger partial charge in [0.1, 0.15) is 27.9 Å².